The molecule has 0 aliphatic carbocycles. The number of anilines is 1. The van der Waals surface area contributed by atoms with Crippen LogP contribution in [0.3, 0.4) is 0 Å². The number of aromatic nitrogens is 2. The number of carbonyl (C=O) groups is 1. The lowest BCUT2D eigenvalue weighted by Gasteiger charge is -2.36. The summed E-state index contributed by atoms with van der Waals surface area (Å²) in [5, 5.41) is 0.861. The number of amides is 1. The summed E-state index contributed by atoms with van der Waals surface area (Å²) in [6.07, 6.45) is 0. The summed E-state index contributed by atoms with van der Waals surface area (Å²) in [6.45, 7) is 4.88. The summed E-state index contributed by atoms with van der Waals surface area (Å²) in [5.41, 5.74) is 4.26. The Morgan fingerprint density at radius 3 is 2.24 bits per heavy atom. The fourth-order valence-corrected chi connectivity index (χ4v) is 4.40. The van der Waals surface area contributed by atoms with E-state index in [9.17, 15) is 9.59 Å². The third kappa shape index (κ3) is 4.24. The van der Waals surface area contributed by atoms with E-state index >= 15 is 0 Å². The molecule has 5 rings (SSSR count). The van der Waals surface area contributed by atoms with Gasteiger partial charge in [0.2, 0.25) is 5.91 Å². The highest BCUT2D eigenvalue weighted by molar-refractivity contribution is 5.93. The summed E-state index contributed by atoms with van der Waals surface area (Å²) >= 11 is 0. The Morgan fingerprint density at radius 2 is 1.52 bits per heavy atom. The summed E-state index contributed by atoms with van der Waals surface area (Å²) in [5.74, 6) is -0.0555. The molecule has 4 aromatic rings. The van der Waals surface area contributed by atoms with Crippen LogP contribution in [0.1, 0.15) is 5.56 Å². The number of nitrogens with zero attached hydrogens (tertiary/aromatic N) is 4. The Balaban J connectivity index is 1.36. The molecule has 1 saturated heterocycles. The Bertz CT molecular complexity index is 1340. The third-order valence-electron chi connectivity index (χ3n) is 6.26. The molecule has 0 atom stereocenters. The first-order valence-corrected chi connectivity index (χ1v) is 11.2. The van der Waals surface area contributed by atoms with Crippen molar-refractivity contribution in [1.29, 1.82) is 0 Å². The van der Waals surface area contributed by atoms with Gasteiger partial charge in [0.05, 0.1) is 11.2 Å². The number of para-hydroxylation sites is 1. The SMILES string of the molecule is Cc1ccc(N2CCN(C(=O)Cn3c(=O)nc(-c4ccccc4)c4ccccc43)CC2)cc1. The highest BCUT2D eigenvalue weighted by atomic mass is 16.2. The molecular formula is C27H26N4O2. The van der Waals surface area contributed by atoms with Gasteiger partial charge in [-0.25, -0.2) is 4.79 Å². The average molecular weight is 439 g/mol. The van der Waals surface area contributed by atoms with Crippen molar-refractivity contribution in [2.75, 3.05) is 31.1 Å². The van der Waals surface area contributed by atoms with Gasteiger partial charge in [-0.1, -0.05) is 66.2 Å². The van der Waals surface area contributed by atoms with E-state index in [1.54, 1.807) is 0 Å². The van der Waals surface area contributed by atoms with Gasteiger partial charge < -0.3 is 9.80 Å². The minimum atomic E-state index is -0.404. The predicted molar refractivity (Wildman–Crippen MR) is 131 cm³/mol. The minimum Gasteiger partial charge on any atom is -0.368 e. The van der Waals surface area contributed by atoms with Gasteiger partial charge in [0.25, 0.3) is 0 Å². The van der Waals surface area contributed by atoms with Gasteiger partial charge in [0.15, 0.2) is 0 Å². The molecule has 6 heteroatoms. The molecule has 1 fully saturated rings. The summed E-state index contributed by atoms with van der Waals surface area (Å²) < 4.78 is 1.50. The third-order valence-corrected chi connectivity index (χ3v) is 6.26. The van der Waals surface area contributed by atoms with E-state index in [1.165, 1.54) is 15.8 Å². The van der Waals surface area contributed by atoms with Crippen molar-refractivity contribution in [1.82, 2.24) is 14.5 Å². The fourth-order valence-electron chi connectivity index (χ4n) is 4.40. The number of hydrogen-bond acceptors (Lipinski definition) is 4. The maximum absolute atomic E-state index is 13.1. The molecule has 3 aromatic carbocycles. The maximum atomic E-state index is 13.1. The molecule has 1 aliphatic rings. The van der Waals surface area contributed by atoms with Crippen LogP contribution in [0.25, 0.3) is 22.2 Å². The van der Waals surface area contributed by atoms with Gasteiger partial charge in [-0.2, -0.15) is 4.98 Å². The van der Waals surface area contributed by atoms with Crippen molar-refractivity contribution in [3.63, 3.8) is 0 Å². The minimum absolute atomic E-state index is 0.00799. The normalized spacial score (nSPS) is 14.0. The number of benzene rings is 3. The smallest absolute Gasteiger partial charge is 0.349 e. The molecular weight excluding hydrogens is 412 g/mol. The van der Waals surface area contributed by atoms with E-state index in [1.807, 2.05) is 59.5 Å². The van der Waals surface area contributed by atoms with Gasteiger partial charge in [0.1, 0.15) is 6.54 Å². The first kappa shape index (κ1) is 20.9. The van der Waals surface area contributed by atoms with Gasteiger partial charge >= 0.3 is 5.69 Å². The van der Waals surface area contributed by atoms with E-state index in [-0.39, 0.29) is 12.5 Å². The zero-order chi connectivity index (χ0) is 22.8. The van der Waals surface area contributed by atoms with E-state index in [2.05, 4.69) is 41.1 Å². The van der Waals surface area contributed by atoms with Crippen LogP contribution in [-0.4, -0.2) is 46.5 Å². The Hall–Kier alpha value is -3.93. The van der Waals surface area contributed by atoms with E-state index in [0.29, 0.717) is 18.8 Å². The van der Waals surface area contributed by atoms with E-state index in [0.717, 1.165) is 29.6 Å². The quantitative estimate of drug-likeness (QED) is 0.487. The lowest BCUT2D eigenvalue weighted by atomic mass is 10.1. The van der Waals surface area contributed by atoms with Gasteiger partial charge in [0, 0.05) is 42.8 Å². The molecule has 166 valence electrons. The number of hydrogen-bond donors (Lipinski definition) is 0. The highest BCUT2D eigenvalue weighted by Gasteiger charge is 2.23. The molecule has 33 heavy (non-hydrogen) atoms. The van der Waals surface area contributed by atoms with Crippen LogP contribution in [0.5, 0.6) is 0 Å². The molecule has 0 spiro atoms. The topological polar surface area (TPSA) is 58.4 Å². The van der Waals surface area contributed by atoms with Crippen molar-refractivity contribution in [3.05, 3.63) is 94.9 Å². The van der Waals surface area contributed by atoms with Gasteiger partial charge in [-0.05, 0) is 25.1 Å². The van der Waals surface area contributed by atoms with E-state index < -0.39 is 5.69 Å². The molecule has 2 heterocycles. The summed E-state index contributed by atoms with van der Waals surface area (Å²) in [4.78, 5) is 34.6. The van der Waals surface area contributed by atoms with Crippen LogP contribution in [0, 0.1) is 6.92 Å². The van der Waals surface area contributed by atoms with Gasteiger partial charge in [-0.3, -0.25) is 9.36 Å². The number of carbonyl (C=O) groups excluding carboxylic acids is 1. The standard InChI is InChI=1S/C27H26N4O2/c1-20-11-13-22(14-12-20)29-15-17-30(18-16-29)25(32)19-31-24-10-6-5-9-23(24)26(28-27(31)33)21-7-3-2-4-8-21/h2-14H,15-19H2,1H3. The Morgan fingerprint density at radius 1 is 0.848 bits per heavy atom. The molecule has 0 N–H and O–H groups in total. The molecule has 1 amide bonds. The zero-order valence-corrected chi connectivity index (χ0v) is 18.6. The predicted octanol–water partition coefficient (Wildman–Crippen LogP) is 3.72. The molecule has 0 saturated carbocycles. The van der Waals surface area contributed by atoms with Crippen LogP contribution >= 0.6 is 0 Å². The maximum Gasteiger partial charge on any atom is 0.349 e. The molecule has 1 aliphatic heterocycles. The zero-order valence-electron chi connectivity index (χ0n) is 18.6. The molecule has 1 aromatic heterocycles. The van der Waals surface area contributed by atoms with Crippen molar-refractivity contribution in [2.45, 2.75) is 13.5 Å². The highest BCUT2D eigenvalue weighted by Crippen LogP contribution is 2.25. The van der Waals surface area contributed by atoms with Crippen molar-refractivity contribution in [3.8, 4) is 11.3 Å². The molecule has 0 radical (unpaired) electrons. The first-order chi connectivity index (χ1) is 16.1. The van der Waals surface area contributed by atoms with Crippen LogP contribution < -0.4 is 10.6 Å². The number of piperazine rings is 1. The average Bonchev–Trinajstić information content (AvgIpc) is 2.86. The molecule has 0 unspecified atom stereocenters. The number of rotatable bonds is 4. The van der Waals surface area contributed by atoms with Gasteiger partial charge in [-0.15, -0.1) is 0 Å². The summed E-state index contributed by atoms with van der Waals surface area (Å²) in [7, 11) is 0. The lowest BCUT2D eigenvalue weighted by molar-refractivity contribution is -0.132. The largest absolute Gasteiger partial charge is 0.368 e. The monoisotopic (exact) mass is 438 g/mol. The second-order valence-corrected chi connectivity index (χ2v) is 8.42. The van der Waals surface area contributed by atoms with E-state index in [4.69, 9.17) is 0 Å². The lowest BCUT2D eigenvalue weighted by Crippen LogP contribution is -2.50. The van der Waals surface area contributed by atoms with Crippen LogP contribution in [0.15, 0.2) is 83.7 Å². The second-order valence-electron chi connectivity index (χ2n) is 8.42. The van der Waals surface area contributed by atoms with Crippen LogP contribution in [0.4, 0.5) is 5.69 Å². The first-order valence-electron chi connectivity index (χ1n) is 11.2. The second kappa shape index (κ2) is 8.90. The molecule has 0 bridgehead atoms. The Labute approximate surface area is 192 Å². The summed E-state index contributed by atoms with van der Waals surface area (Å²) in [6, 6.07) is 25.8. The number of aryl methyl sites for hydroxylation is 1. The Kier molecular flexibility index (Phi) is 5.65. The molecule has 6 nitrogen and oxygen atoms in total. The van der Waals surface area contributed by atoms with Crippen LogP contribution in [0.2, 0.25) is 0 Å². The van der Waals surface area contributed by atoms with Crippen molar-refractivity contribution in [2.24, 2.45) is 0 Å². The van der Waals surface area contributed by atoms with Crippen LogP contribution in [-0.2, 0) is 11.3 Å². The number of fused-ring (bicyclic) bond motifs is 1. The fraction of sp³-hybridized carbons (Fsp3) is 0.222. The van der Waals surface area contributed by atoms with Crippen molar-refractivity contribution < 1.29 is 4.79 Å². The van der Waals surface area contributed by atoms with Crippen molar-refractivity contribution >= 4 is 22.5 Å².